The summed E-state index contributed by atoms with van der Waals surface area (Å²) >= 11 is 0. The van der Waals surface area contributed by atoms with Gasteiger partial charge in [0.2, 0.25) is 0 Å². The van der Waals surface area contributed by atoms with Crippen LogP contribution in [0.15, 0.2) is 29.3 Å². The van der Waals surface area contributed by atoms with Crippen LogP contribution in [-0.4, -0.2) is 38.1 Å². The van der Waals surface area contributed by atoms with Gasteiger partial charge in [-0.2, -0.15) is 0 Å². The highest BCUT2D eigenvalue weighted by atomic mass is 16.5. The second-order valence-corrected chi connectivity index (χ2v) is 4.98. The number of ether oxygens (including phenoxy) is 1. The fourth-order valence-electron chi connectivity index (χ4n) is 2.16. The van der Waals surface area contributed by atoms with Crippen molar-refractivity contribution < 1.29 is 4.74 Å². The van der Waals surface area contributed by atoms with E-state index in [4.69, 9.17) is 10.5 Å². The van der Waals surface area contributed by atoms with Crippen LogP contribution in [0, 0.1) is 0 Å². The summed E-state index contributed by atoms with van der Waals surface area (Å²) in [6, 6.07) is 8.65. The number of nitrogens with zero attached hydrogens (tertiary/aromatic N) is 2. The topological polar surface area (TPSA) is 50.9 Å². The van der Waals surface area contributed by atoms with Gasteiger partial charge in [-0.15, -0.1) is 0 Å². The third-order valence-electron chi connectivity index (χ3n) is 3.45. The van der Waals surface area contributed by atoms with E-state index in [1.165, 1.54) is 5.56 Å². The smallest absolute Gasteiger partial charge is 0.190 e. The maximum Gasteiger partial charge on any atom is 0.190 e. The first-order chi connectivity index (χ1) is 8.60. The first-order valence-electron chi connectivity index (χ1n) is 6.24. The summed E-state index contributed by atoms with van der Waals surface area (Å²) in [5, 5.41) is 0. The van der Waals surface area contributed by atoms with Gasteiger partial charge < -0.3 is 15.4 Å². The first kappa shape index (κ1) is 12.7. The molecule has 0 spiro atoms. The number of aliphatic imine (C=N–C) groups is 1. The standard InChI is InChI=1S/C14H21N3O/c1-17(2)14(15)16-12-7-11(8-12)10-5-4-6-13(9-10)18-3/h4-6,9,11-12H,7-8H2,1-3H3,(H2,15,16). The van der Waals surface area contributed by atoms with Gasteiger partial charge >= 0.3 is 0 Å². The summed E-state index contributed by atoms with van der Waals surface area (Å²) in [5.41, 5.74) is 7.15. The quantitative estimate of drug-likeness (QED) is 0.654. The lowest BCUT2D eigenvalue weighted by atomic mass is 9.76. The third kappa shape index (κ3) is 2.75. The lowest BCUT2D eigenvalue weighted by molar-refractivity contribution is 0.347. The van der Waals surface area contributed by atoms with Gasteiger partial charge in [0.15, 0.2) is 5.96 Å². The summed E-state index contributed by atoms with van der Waals surface area (Å²) in [7, 11) is 5.53. The van der Waals surface area contributed by atoms with E-state index in [0.29, 0.717) is 17.9 Å². The minimum atomic E-state index is 0.364. The van der Waals surface area contributed by atoms with Crippen molar-refractivity contribution in [3.63, 3.8) is 0 Å². The van der Waals surface area contributed by atoms with Crippen LogP contribution in [0.25, 0.3) is 0 Å². The van der Waals surface area contributed by atoms with Gasteiger partial charge in [0, 0.05) is 14.1 Å². The summed E-state index contributed by atoms with van der Waals surface area (Å²) in [4.78, 5) is 6.34. The van der Waals surface area contributed by atoms with Crippen molar-refractivity contribution in [1.29, 1.82) is 0 Å². The Labute approximate surface area is 108 Å². The number of methoxy groups -OCH3 is 1. The minimum absolute atomic E-state index is 0.364. The van der Waals surface area contributed by atoms with Crippen LogP contribution in [0.3, 0.4) is 0 Å². The molecule has 1 saturated carbocycles. The van der Waals surface area contributed by atoms with E-state index in [2.05, 4.69) is 17.1 Å². The normalized spacial score (nSPS) is 23.4. The van der Waals surface area contributed by atoms with Gasteiger partial charge in [-0.25, -0.2) is 4.99 Å². The fourth-order valence-corrected chi connectivity index (χ4v) is 2.16. The largest absolute Gasteiger partial charge is 0.497 e. The Morgan fingerprint density at radius 1 is 1.39 bits per heavy atom. The molecule has 0 saturated heterocycles. The van der Waals surface area contributed by atoms with Crippen molar-refractivity contribution in [2.24, 2.45) is 10.7 Å². The summed E-state index contributed by atoms with van der Waals surface area (Å²) in [6.45, 7) is 0. The zero-order valence-electron chi connectivity index (χ0n) is 11.3. The molecule has 1 aliphatic rings. The van der Waals surface area contributed by atoms with Gasteiger partial charge in [0.05, 0.1) is 13.2 Å². The minimum Gasteiger partial charge on any atom is -0.497 e. The van der Waals surface area contributed by atoms with E-state index in [9.17, 15) is 0 Å². The number of guanidine groups is 1. The van der Waals surface area contributed by atoms with Gasteiger partial charge in [-0.1, -0.05) is 12.1 Å². The number of rotatable bonds is 3. The van der Waals surface area contributed by atoms with Gasteiger partial charge in [-0.3, -0.25) is 0 Å². The number of hydrogen-bond donors (Lipinski definition) is 1. The SMILES string of the molecule is COc1cccc(C2CC(N=C(N)N(C)C)C2)c1. The van der Waals surface area contributed by atoms with Gasteiger partial charge in [-0.05, 0) is 36.5 Å². The molecule has 1 aromatic rings. The maximum absolute atomic E-state index is 5.81. The molecule has 0 aliphatic heterocycles. The fraction of sp³-hybridized carbons (Fsp3) is 0.500. The predicted molar refractivity (Wildman–Crippen MR) is 74.1 cm³/mol. The molecule has 18 heavy (non-hydrogen) atoms. The molecule has 0 heterocycles. The number of benzene rings is 1. The molecule has 0 aromatic heterocycles. The van der Waals surface area contributed by atoms with E-state index >= 15 is 0 Å². The zero-order valence-corrected chi connectivity index (χ0v) is 11.3. The molecular formula is C14H21N3O. The molecule has 4 nitrogen and oxygen atoms in total. The molecule has 98 valence electrons. The van der Waals surface area contributed by atoms with Crippen LogP contribution < -0.4 is 10.5 Å². The monoisotopic (exact) mass is 247 g/mol. The second kappa shape index (κ2) is 5.29. The summed E-state index contributed by atoms with van der Waals surface area (Å²) in [6.07, 6.45) is 2.14. The molecule has 1 aromatic carbocycles. The summed E-state index contributed by atoms with van der Waals surface area (Å²) < 4.78 is 5.24. The lowest BCUT2D eigenvalue weighted by Gasteiger charge is -2.33. The van der Waals surface area contributed by atoms with Crippen molar-refractivity contribution in [3.05, 3.63) is 29.8 Å². The van der Waals surface area contributed by atoms with Crippen LogP contribution in [-0.2, 0) is 0 Å². The Balaban J connectivity index is 1.94. The molecule has 2 N–H and O–H groups in total. The van der Waals surface area contributed by atoms with Crippen molar-refractivity contribution in [1.82, 2.24) is 4.90 Å². The predicted octanol–water partition coefficient (Wildman–Crippen LogP) is 1.82. The third-order valence-corrected chi connectivity index (χ3v) is 3.45. The Morgan fingerprint density at radius 3 is 2.72 bits per heavy atom. The molecule has 0 unspecified atom stereocenters. The maximum atomic E-state index is 5.81. The summed E-state index contributed by atoms with van der Waals surface area (Å²) in [5.74, 6) is 2.13. The molecule has 0 amide bonds. The van der Waals surface area contributed by atoms with Crippen LogP contribution >= 0.6 is 0 Å². The molecule has 1 fully saturated rings. The molecule has 1 aliphatic carbocycles. The lowest BCUT2D eigenvalue weighted by Crippen LogP contribution is -2.35. The van der Waals surface area contributed by atoms with Gasteiger partial charge in [0.1, 0.15) is 5.75 Å². The second-order valence-electron chi connectivity index (χ2n) is 4.98. The molecule has 0 radical (unpaired) electrons. The number of nitrogens with two attached hydrogens (primary N) is 1. The van der Waals surface area contributed by atoms with Crippen molar-refractivity contribution in [3.8, 4) is 5.75 Å². The van der Waals surface area contributed by atoms with Crippen LogP contribution in [0.5, 0.6) is 5.75 Å². The Bertz CT molecular complexity index is 436. The van der Waals surface area contributed by atoms with E-state index in [-0.39, 0.29) is 0 Å². The Morgan fingerprint density at radius 2 is 2.11 bits per heavy atom. The molecule has 0 atom stereocenters. The van der Waals surface area contributed by atoms with Crippen LogP contribution in [0.4, 0.5) is 0 Å². The average Bonchev–Trinajstić information content (AvgIpc) is 2.32. The van der Waals surface area contributed by atoms with Crippen molar-refractivity contribution >= 4 is 5.96 Å². The molecule has 2 rings (SSSR count). The average molecular weight is 247 g/mol. The van der Waals surface area contributed by atoms with Gasteiger partial charge in [0.25, 0.3) is 0 Å². The zero-order chi connectivity index (χ0) is 13.1. The number of hydrogen-bond acceptors (Lipinski definition) is 2. The molecule has 4 heteroatoms. The van der Waals surface area contributed by atoms with E-state index in [1.54, 1.807) is 7.11 Å². The highest BCUT2D eigenvalue weighted by Gasteiger charge is 2.30. The van der Waals surface area contributed by atoms with Crippen molar-refractivity contribution in [2.45, 2.75) is 24.8 Å². The molecule has 0 bridgehead atoms. The van der Waals surface area contributed by atoms with Crippen molar-refractivity contribution in [2.75, 3.05) is 21.2 Å². The van der Waals surface area contributed by atoms with E-state index in [1.807, 2.05) is 31.1 Å². The molecular weight excluding hydrogens is 226 g/mol. The first-order valence-corrected chi connectivity index (χ1v) is 6.24. The van der Waals surface area contributed by atoms with Crippen LogP contribution in [0.2, 0.25) is 0 Å². The van der Waals surface area contributed by atoms with Crippen LogP contribution in [0.1, 0.15) is 24.3 Å². The highest BCUT2D eigenvalue weighted by Crippen LogP contribution is 2.39. The highest BCUT2D eigenvalue weighted by molar-refractivity contribution is 5.77. The van der Waals surface area contributed by atoms with E-state index < -0.39 is 0 Å². The Hall–Kier alpha value is -1.71. The van der Waals surface area contributed by atoms with E-state index in [0.717, 1.165) is 18.6 Å². The Kier molecular flexibility index (Phi) is 3.75.